The van der Waals surface area contributed by atoms with Gasteiger partial charge in [0.15, 0.2) is 0 Å². The minimum absolute atomic E-state index is 0.0742. The van der Waals surface area contributed by atoms with E-state index >= 15 is 0 Å². The zero-order chi connectivity index (χ0) is 17.9. The summed E-state index contributed by atoms with van der Waals surface area (Å²) in [4.78, 5) is 25.8. The Bertz CT molecular complexity index is 613. The molecule has 0 fully saturated rings. The predicted octanol–water partition coefficient (Wildman–Crippen LogP) is 2.39. The molecular formula is C17H23ClN4O2. The second-order valence-electron chi connectivity index (χ2n) is 5.41. The first-order valence-corrected chi connectivity index (χ1v) is 8.36. The zero-order valence-corrected chi connectivity index (χ0v) is 14.8. The van der Waals surface area contributed by atoms with E-state index in [-0.39, 0.29) is 24.9 Å². The van der Waals surface area contributed by atoms with Gasteiger partial charge in [0.05, 0.1) is 24.3 Å². The first kappa shape index (κ1) is 19.9. The molecule has 1 aromatic rings. The third-order valence-electron chi connectivity index (χ3n) is 3.22. The molecule has 0 saturated carbocycles. The van der Waals surface area contributed by atoms with Crippen LogP contribution < -0.4 is 10.6 Å². The Morgan fingerprint density at radius 1 is 1.21 bits per heavy atom. The number of benzene rings is 1. The summed E-state index contributed by atoms with van der Waals surface area (Å²) in [6.07, 6.45) is 1.70. The van der Waals surface area contributed by atoms with Crippen molar-refractivity contribution in [2.45, 2.75) is 26.7 Å². The fourth-order valence-electron chi connectivity index (χ4n) is 2.16. The normalized spacial score (nSPS) is 10.3. The van der Waals surface area contributed by atoms with E-state index in [9.17, 15) is 9.59 Å². The Morgan fingerprint density at radius 2 is 1.92 bits per heavy atom. The highest BCUT2D eigenvalue weighted by Crippen LogP contribution is 2.20. The number of amides is 2. The summed E-state index contributed by atoms with van der Waals surface area (Å²) in [5.41, 5.74) is 0.720. The molecule has 0 atom stereocenters. The van der Waals surface area contributed by atoms with Crippen molar-refractivity contribution in [3.8, 4) is 6.07 Å². The number of nitrogens with one attached hydrogen (secondary N) is 2. The van der Waals surface area contributed by atoms with Crippen LogP contribution in [0.1, 0.15) is 32.3 Å². The molecule has 1 rings (SSSR count). The van der Waals surface area contributed by atoms with E-state index in [4.69, 9.17) is 16.9 Å². The van der Waals surface area contributed by atoms with Crippen LogP contribution in [0.2, 0.25) is 5.02 Å². The topological polar surface area (TPSA) is 85.2 Å². The van der Waals surface area contributed by atoms with Crippen molar-refractivity contribution in [3.05, 3.63) is 28.8 Å². The van der Waals surface area contributed by atoms with Gasteiger partial charge in [-0.3, -0.25) is 14.5 Å². The Kier molecular flexibility index (Phi) is 8.84. The predicted molar refractivity (Wildman–Crippen MR) is 94.8 cm³/mol. The number of nitrogens with zero attached hydrogens (tertiary/aromatic N) is 2. The fourth-order valence-corrected chi connectivity index (χ4v) is 2.34. The highest BCUT2D eigenvalue weighted by molar-refractivity contribution is 6.31. The van der Waals surface area contributed by atoms with Crippen molar-refractivity contribution >= 4 is 29.1 Å². The average molecular weight is 351 g/mol. The van der Waals surface area contributed by atoms with Gasteiger partial charge in [-0.1, -0.05) is 25.4 Å². The highest BCUT2D eigenvalue weighted by Gasteiger charge is 2.15. The van der Waals surface area contributed by atoms with Gasteiger partial charge in [-0.25, -0.2) is 0 Å². The van der Waals surface area contributed by atoms with Gasteiger partial charge in [-0.15, -0.1) is 0 Å². The monoisotopic (exact) mass is 350 g/mol. The van der Waals surface area contributed by atoms with Gasteiger partial charge in [0.2, 0.25) is 11.8 Å². The minimum atomic E-state index is -0.287. The van der Waals surface area contributed by atoms with Gasteiger partial charge in [0.25, 0.3) is 0 Å². The fraction of sp³-hybridized carbons (Fsp3) is 0.471. The van der Waals surface area contributed by atoms with Crippen LogP contribution in [-0.4, -0.2) is 42.9 Å². The summed E-state index contributed by atoms with van der Waals surface area (Å²) < 4.78 is 0. The molecule has 0 saturated heterocycles. The number of rotatable bonds is 9. The van der Waals surface area contributed by atoms with Gasteiger partial charge >= 0.3 is 0 Å². The SMILES string of the molecule is CCCNC(=O)CN(CCC)CC(=O)Nc1cc(Cl)ccc1C#N. The first-order valence-electron chi connectivity index (χ1n) is 7.98. The molecule has 6 nitrogen and oxygen atoms in total. The number of carbonyl (C=O) groups excluding carboxylic acids is 2. The van der Waals surface area contributed by atoms with Crippen LogP contribution in [0.5, 0.6) is 0 Å². The summed E-state index contributed by atoms with van der Waals surface area (Å²) in [7, 11) is 0. The second-order valence-corrected chi connectivity index (χ2v) is 5.85. The Morgan fingerprint density at radius 3 is 2.54 bits per heavy atom. The minimum Gasteiger partial charge on any atom is -0.355 e. The largest absolute Gasteiger partial charge is 0.355 e. The molecule has 7 heteroatoms. The van der Waals surface area contributed by atoms with Crippen molar-refractivity contribution in [2.24, 2.45) is 0 Å². The molecule has 0 unspecified atom stereocenters. The van der Waals surface area contributed by atoms with Crippen molar-refractivity contribution in [1.29, 1.82) is 5.26 Å². The van der Waals surface area contributed by atoms with Gasteiger partial charge in [0, 0.05) is 11.6 Å². The molecule has 0 aliphatic heterocycles. The van der Waals surface area contributed by atoms with E-state index in [2.05, 4.69) is 10.6 Å². The van der Waals surface area contributed by atoms with Crippen LogP contribution in [-0.2, 0) is 9.59 Å². The average Bonchev–Trinajstić information content (AvgIpc) is 2.53. The molecule has 24 heavy (non-hydrogen) atoms. The summed E-state index contributed by atoms with van der Waals surface area (Å²) in [6.45, 7) is 5.47. The van der Waals surface area contributed by atoms with Crippen molar-refractivity contribution in [3.63, 3.8) is 0 Å². The number of hydrogen-bond acceptors (Lipinski definition) is 4. The van der Waals surface area contributed by atoms with Gasteiger partial charge < -0.3 is 10.6 Å². The summed E-state index contributed by atoms with van der Waals surface area (Å²) in [5, 5.41) is 15.0. The van der Waals surface area contributed by atoms with Crippen LogP contribution in [0.15, 0.2) is 18.2 Å². The second kappa shape index (κ2) is 10.6. The molecule has 2 amide bonds. The first-order chi connectivity index (χ1) is 11.5. The Hall–Kier alpha value is -2.10. The summed E-state index contributed by atoms with van der Waals surface area (Å²) in [6, 6.07) is 6.70. The molecule has 1 aromatic carbocycles. The van der Waals surface area contributed by atoms with Crippen LogP contribution in [0.25, 0.3) is 0 Å². The number of halogens is 1. The van der Waals surface area contributed by atoms with Crippen molar-refractivity contribution < 1.29 is 9.59 Å². The van der Waals surface area contributed by atoms with E-state index in [1.165, 1.54) is 6.07 Å². The van der Waals surface area contributed by atoms with Crippen LogP contribution in [0, 0.1) is 11.3 Å². The molecule has 0 heterocycles. The van der Waals surface area contributed by atoms with Gasteiger partial charge in [0.1, 0.15) is 6.07 Å². The third-order valence-corrected chi connectivity index (χ3v) is 3.46. The molecule has 2 N–H and O–H groups in total. The molecule has 0 aromatic heterocycles. The Balaban J connectivity index is 2.67. The molecule has 0 aliphatic rings. The van der Waals surface area contributed by atoms with Crippen molar-refractivity contribution in [2.75, 3.05) is 31.5 Å². The lowest BCUT2D eigenvalue weighted by atomic mass is 10.2. The Labute approximate surface area is 147 Å². The molecule has 0 bridgehead atoms. The molecule has 0 radical (unpaired) electrons. The van der Waals surface area contributed by atoms with E-state index in [0.29, 0.717) is 29.4 Å². The maximum atomic E-state index is 12.2. The van der Waals surface area contributed by atoms with Gasteiger partial charge in [-0.05, 0) is 37.6 Å². The lowest BCUT2D eigenvalue weighted by molar-refractivity contribution is -0.123. The maximum absolute atomic E-state index is 12.2. The summed E-state index contributed by atoms with van der Waals surface area (Å²) >= 11 is 5.91. The lowest BCUT2D eigenvalue weighted by Crippen LogP contribution is -2.41. The lowest BCUT2D eigenvalue weighted by Gasteiger charge is -2.20. The van der Waals surface area contributed by atoms with Crippen LogP contribution in [0.3, 0.4) is 0 Å². The molecule has 130 valence electrons. The third kappa shape index (κ3) is 6.99. The van der Waals surface area contributed by atoms with E-state index < -0.39 is 0 Å². The smallest absolute Gasteiger partial charge is 0.238 e. The van der Waals surface area contributed by atoms with E-state index in [1.807, 2.05) is 19.9 Å². The number of carbonyl (C=O) groups is 2. The van der Waals surface area contributed by atoms with Crippen LogP contribution >= 0.6 is 11.6 Å². The summed E-state index contributed by atoms with van der Waals surface area (Å²) in [5.74, 6) is -0.385. The van der Waals surface area contributed by atoms with Crippen molar-refractivity contribution in [1.82, 2.24) is 10.2 Å². The molecular weight excluding hydrogens is 328 g/mol. The number of hydrogen-bond donors (Lipinski definition) is 2. The van der Waals surface area contributed by atoms with Crippen LogP contribution in [0.4, 0.5) is 5.69 Å². The zero-order valence-electron chi connectivity index (χ0n) is 14.1. The quantitative estimate of drug-likeness (QED) is 0.716. The standard InChI is InChI=1S/C17H23ClN4O2/c1-3-7-20-16(23)11-22(8-4-2)12-17(24)21-15-9-14(18)6-5-13(15)10-19/h5-6,9H,3-4,7-8,11-12H2,1-2H3,(H,20,23)(H,21,24). The van der Waals surface area contributed by atoms with E-state index in [0.717, 1.165) is 12.8 Å². The number of nitriles is 1. The maximum Gasteiger partial charge on any atom is 0.238 e. The number of anilines is 1. The van der Waals surface area contributed by atoms with Gasteiger partial charge in [-0.2, -0.15) is 5.26 Å². The van der Waals surface area contributed by atoms with E-state index in [1.54, 1.807) is 17.0 Å². The highest BCUT2D eigenvalue weighted by atomic mass is 35.5. The molecule has 0 spiro atoms. The molecule has 0 aliphatic carbocycles.